The lowest BCUT2D eigenvalue weighted by Gasteiger charge is -2.22. The van der Waals surface area contributed by atoms with Crippen LogP contribution in [0.4, 0.5) is 0 Å². The Balaban J connectivity index is 2.23. The minimum absolute atomic E-state index is 0.136. The lowest BCUT2D eigenvalue weighted by atomic mass is 10.2. The molecule has 0 saturated carbocycles. The molecule has 3 N–H and O–H groups in total. The summed E-state index contributed by atoms with van der Waals surface area (Å²) in [5.74, 6) is 0.136. The van der Waals surface area contributed by atoms with Crippen molar-refractivity contribution in [3.8, 4) is 0 Å². The van der Waals surface area contributed by atoms with Gasteiger partial charge < -0.3 is 15.7 Å². The molecule has 1 fully saturated rings. The topological polar surface area (TPSA) is 67.8 Å². The summed E-state index contributed by atoms with van der Waals surface area (Å²) < 4.78 is 6.19. The zero-order valence-corrected chi connectivity index (χ0v) is 12.2. The van der Waals surface area contributed by atoms with Crippen molar-refractivity contribution in [3.05, 3.63) is 28.2 Å². The molecule has 0 spiro atoms. The number of oxime groups is 1. The van der Waals surface area contributed by atoms with Crippen LogP contribution in [0.15, 0.2) is 32.7 Å². The molecule has 0 radical (unpaired) electrons. The highest BCUT2D eigenvalue weighted by Crippen LogP contribution is 2.34. The fraction of sp³-hybridized carbons (Fsp3) is 0.417. The van der Waals surface area contributed by atoms with Gasteiger partial charge in [0.2, 0.25) is 0 Å². The quantitative estimate of drug-likeness (QED) is 0.387. The second-order valence-corrected chi connectivity index (χ2v) is 6.22. The van der Waals surface area contributed by atoms with Crippen LogP contribution in [0.5, 0.6) is 0 Å². The van der Waals surface area contributed by atoms with E-state index in [1.165, 1.54) is 0 Å². The molecule has 1 heterocycles. The van der Waals surface area contributed by atoms with Crippen LogP contribution in [0, 0.1) is 0 Å². The van der Waals surface area contributed by atoms with Crippen molar-refractivity contribution >= 4 is 33.5 Å². The van der Waals surface area contributed by atoms with Gasteiger partial charge in [0, 0.05) is 33.4 Å². The number of hydrogen-bond donors (Lipinski definition) is 2. The van der Waals surface area contributed by atoms with Crippen molar-refractivity contribution in [2.75, 3.05) is 13.2 Å². The van der Waals surface area contributed by atoms with Crippen molar-refractivity contribution < 1.29 is 9.94 Å². The third-order valence-corrected chi connectivity index (χ3v) is 4.86. The van der Waals surface area contributed by atoms with E-state index in [1.807, 2.05) is 18.2 Å². The van der Waals surface area contributed by atoms with E-state index in [4.69, 9.17) is 15.7 Å². The number of hydrogen-bond acceptors (Lipinski definition) is 4. The van der Waals surface area contributed by atoms with Gasteiger partial charge in [0.15, 0.2) is 5.84 Å². The Kier molecular flexibility index (Phi) is 4.91. The first-order valence-corrected chi connectivity index (χ1v) is 7.40. The average Bonchev–Trinajstić information content (AvgIpc) is 2.39. The highest BCUT2D eigenvalue weighted by molar-refractivity contribution is 9.10. The zero-order chi connectivity index (χ0) is 13.0. The normalized spacial score (nSPS) is 17.9. The number of amidine groups is 1. The summed E-state index contributed by atoms with van der Waals surface area (Å²) in [6.07, 6.45) is 2.07. The number of benzene rings is 1. The van der Waals surface area contributed by atoms with Gasteiger partial charge in [-0.15, -0.1) is 11.8 Å². The number of rotatable bonds is 3. The molecule has 0 unspecified atom stereocenters. The van der Waals surface area contributed by atoms with Crippen LogP contribution in [0.1, 0.15) is 18.4 Å². The van der Waals surface area contributed by atoms with Gasteiger partial charge in [-0.3, -0.25) is 0 Å². The van der Waals surface area contributed by atoms with Crippen LogP contribution < -0.4 is 5.73 Å². The largest absolute Gasteiger partial charge is 0.409 e. The van der Waals surface area contributed by atoms with E-state index in [0.717, 1.165) is 41.0 Å². The van der Waals surface area contributed by atoms with Crippen molar-refractivity contribution in [2.45, 2.75) is 23.0 Å². The zero-order valence-electron chi connectivity index (χ0n) is 9.80. The van der Waals surface area contributed by atoms with Gasteiger partial charge in [-0.25, -0.2) is 0 Å². The molecule has 4 nitrogen and oxygen atoms in total. The second kappa shape index (κ2) is 6.45. The lowest BCUT2D eigenvalue weighted by Crippen LogP contribution is -2.19. The standard InChI is InChI=1S/C12H15BrN2O2S/c13-9-2-1-3-10(11(9)12(14)15-16)18-8-4-6-17-7-5-8/h1-3,8,16H,4-7H2,(H2,14,15). The third-order valence-electron chi connectivity index (χ3n) is 2.80. The molecule has 1 aliphatic heterocycles. The molecule has 98 valence electrons. The van der Waals surface area contributed by atoms with Crippen LogP contribution in [0.2, 0.25) is 0 Å². The Labute approximate surface area is 119 Å². The summed E-state index contributed by atoms with van der Waals surface area (Å²) in [5, 5.41) is 12.5. The van der Waals surface area contributed by atoms with E-state index in [0.29, 0.717) is 5.25 Å². The lowest BCUT2D eigenvalue weighted by molar-refractivity contribution is 0.100. The SMILES string of the molecule is N/C(=N/O)c1c(Br)cccc1SC1CCOCC1. The Hall–Kier alpha value is -0.720. The van der Waals surface area contributed by atoms with Crippen LogP contribution in [-0.4, -0.2) is 29.5 Å². The fourth-order valence-electron chi connectivity index (χ4n) is 1.87. The van der Waals surface area contributed by atoms with E-state index in [2.05, 4.69) is 21.1 Å². The van der Waals surface area contributed by atoms with Gasteiger partial charge >= 0.3 is 0 Å². The summed E-state index contributed by atoms with van der Waals surface area (Å²) in [7, 11) is 0. The van der Waals surface area contributed by atoms with Crippen LogP contribution in [0.3, 0.4) is 0 Å². The van der Waals surface area contributed by atoms with Gasteiger partial charge in [0.25, 0.3) is 0 Å². The molecule has 6 heteroatoms. The predicted molar refractivity (Wildman–Crippen MR) is 76.4 cm³/mol. The highest BCUT2D eigenvalue weighted by Gasteiger charge is 2.19. The van der Waals surface area contributed by atoms with Gasteiger partial charge in [0.05, 0.1) is 0 Å². The first kappa shape index (κ1) is 13.7. The number of ether oxygens (including phenoxy) is 1. The summed E-state index contributed by atoms with van der Waals surface area (Å²) in [6, 6.07) is 5.85. The Morgan fingerprint density at radius 3 is 2.83 bits per heavy atom. The maximum absolute atomic E-state index is 8.86. The molecule has 0 aromatic heterocycles. The maximum atomic E-state index is 8.86. The minimum Gasteiger partial charge on any atom is -0.409 e. The van der Waals surface area contributed by atoms with E-state index < -0.39 is 0 Å². The van der Waals surface area contributed by atoms with E-state index in [1.54, 1.807) is 11.8 Å². The molecule has 0 aliphatic carbocycles. The molecule has 18 heavy (non-hydrogen) atoms. The van der Waals surface area contributed by atoms with E-state index in [-0.39, 0.29) is 5.84 Å². The Bertz CT molecular complexity index is 448. The average molecular weight is 331 g/mol. The van der Waals surface area contributed by atoms with E-state index >= 15 is 0 Å². The minimum atomic E-state index is 0.136. The summed E-state index contributed by atoms with van der Waals surface area (Å²) >= 11 is 5.21. The number of nitrogens with zero attached hydrogens (tertiary/aromatic N) is 1. The highest BCUT2D eigenvalue weighted by atomic mass is 79.9. The molecule has 0 bridgehead atoms. The molecular weight excluding hydrogens is 316 g/mol. The van der Waals surface area contributed by atoms with Gasteiger partial charge in [0.1, 0.15) is 0 Å². The molecule has 1 aromatic carbocycles. The van der Waals surface area contributed by atoms with E-state index in [9.17, 15) is 0 Å². The van der Waals surface area contributed by atoms with Gasteiger partial charge in [-0.1, -0.05) is 11.2 Å². The van der Waals surface area contributed by atoms with Crippen molar-refractivity contribution in [1.29, 1.82) is 0 Å². The van der Waals surface area contributed by atoms with Crippen LogP contribution in [0.25, 0.3) is 0 Å². The first-order chi connectivity index (χ1) is 8.72. The molecular formula is C12H15BrN2O2S. The molecule has 2 rings (SSSR count). The van der Waals surface area contributed by atoms with Crippen LogP contribution in [-0.2, 0) is 4.74 Å². The molecule has 0 atom stereocenters. The third kappa shape index (κ3) is 3.18. The molecule has 1 saturated heterocycles. The predicted octanol–water partition coefficient (Wildman–Crippen LogP) is 2.81. The monoisotopic (exact) mass is 330 g/mol. The number of nitrogens with two attached hydrogens (primary N) is 1. The Morgan fingerprint density at radius 2 is 2.17 bits per heavy atom. The first-order valence-electron chi connectivity index (χ1n) is 5.73. The second-order valence-electron chi connectivity index (χ2n) is 4.03. The summed E-state index contributed by atoms with van der Waals surface area (Å²) in [4.78, 5) is 1.03. The molecule has 1 aromatic rings. The summed E-state index contributed by atoms with van der Waals surface area (Å²) in [6.45, 7) is 1.62. The van der Waals surface area contributed by atoms with Crippen LogP contribution >= 0.6 is 27.7 Å². The maximum Gasteiger partial charge on any atom is 0.172 e. The van der Waals surface area contributed by atoms with Crippen molar-refractivity contribution in [3.63, 3.8) is 0 Å². The number of thioether (sulfide) groups is 1. The Morgan fingerprint density at radius 1 is 1.44 bits per heavy atom. The molecule has 0 amide bonds. The van der Waals surface area contributed by atoms with Crippen molar-refractivity contribution in [2.24, 2.45) is 10.9 Å². The van der Waals surface area contributed by atoms with Gasteiger partial charge in [-0.2, -0.15) is 0 Å². The summed E-state index contributed by atoms with van der Waals surface area (Å²) in [5.41, 5.74) is 6.49. The fourth-order valence-corrected chi connectivity index (χ4v) is 3.85. The van der Waals surface area contributed by atoms with Gasteiger partial charge in [-0.05, 0) is 40.9 Å². The smallest absolute Gasteiger partial charge is 0.172 e. The van der Waals surface area contributed by atoms with Crippen molar-refractivity contribution in [1.82, 2.24) is 0 Å². The number of halogens is 1. The molecule has 1 aliphatic rings.